The van der Waals surface area contributed by atoms with Crippen LogP contribution in [0.25, 0.3) is 16.6 Å². The van der Waals surface area contributed by atoms with E-state index in [1.54, 1.807) is 18.2 Å². The number of aromatic carboxylic acids is 1. The second-order valence-corrected chi connectivity index (χ2v) is 3.59. The van der Waals surface area contributed by atoms with E-state index in [4.69, 9.17) is 5.11 Å². The molecule has 3 aromatic rings. The summed E-state index contributed by atoms with van der Waals surface area (Å²) >= 11 is 0. The van der Waals surface area contributed by atoms with Crippen molar-refractivity contribution in [2.75, 3.05) is 0 Å². The molecule has 0 unspecified atom stereocenters. The third kappa shape index (κ3) is 1.24. The Hall–Kier alpha value is -2.36. The fourth-order valence-electron chi connectivity index (χ4n) is 1.74. The monoisotopic (exact) mass is 212 g/mol. The molecule has 16 heavy (non-hydrogen) atoms. The van der Waals surface area contributed by atoms with Gasteiger partial charge in [-0.1, -0.05) is 6.07 Å². The molecule has 0 amide bonds. The Morgan fingerprint density at radius 3 is 3.00 bits per heavy atom. The number of aromatic nitrogens is 2. The third-order valence-electron chi connectivity index (χ3n) is 2.55. The third-order valence-corrected chi connectivity index (χ3v) is 2.55. The summed E-state index contributed by atoms with van der Waals surface area (Å²) in [4.78, 5) is 15.2. The van der Waals surface area contributed by atoms with Crippen LogP contribution >= 0.6 is 0 Å². The highest BCUT2D eigenvalue weighted by Crippen LogP contribution is 2.15. The van der Waals surface area contributed by atoms with Crippen molar-refractivity contribution in [1.82, 2.24) is 9.38 Å². The molecule has 3 rings (SSSR count). The Bertz CT molecular complexity index is 700. The SMILES string of the molecule is O=C(O)c1ccc2cn3cccc3nc2c1. The number of benzene rings is 1. The van der Waals surface area contributed by atoms with Crippen LogP contribution in [-0.2, 0) is 0 Å². The van der Waals surface area contributed by atoms with Crippen molar-refractivity contribution >= 4 is 22.5 Å². The number of carboxylic acids is 1. The Balaban J connectivity index is 2.37. The summed E-state index contributed by atoms with van der Waals surface area (Å²) in [5.74, 6) is -0.932. The largest absolute Gasteiger partial charge is 0.478 e. The molecule has 4 nitrogen and oxygen atoms in total. The number of carbonyl (C=O) groups is 1. The summed E-state index contributed by atoms with van der Waals surface area (Å²) in [7, 11) is 0. The first-order chi connectivity index (χ1) is 7.74. The van der Waals surface area contributed by atoms with Crippen LogP contribution in [0.5, 0.6) is 0 Å². The lowest BCUT2D eigenvalue weighted by Gasteiger charge is -2.01. The lowest BCUT2D eigenvalue weighted by molar-refractivity contribution is 0.0697. The van der Waals surface area contributed by atoms with Crippen LogP contribution in [-0.4, -0.2) is 20.5 Å². The van der Waals surface area contributed by atoms with Crippen LogP contribution in [0, 0.1) is 0 Å². The molecule has 0 atom stereocenters. The van der Waals surface area contributed by atoms with Gasteiger partial charge in [0.05, 0.1) is 11.1 Å². The molecule has 4 heteroatoms. The number of rotatable bonds is 1. The van der Waals surface area contributed by atoms with Crippen molar-refractivity contribution < 1.29 is 9.90 Å². The first-order valence-electron chi connectivity index (χ1n) is 4.85. The maximum absolute atomic E-state index is 10.8. The maximum atomic E-state index is 10.8. The molecule has 1 aromatic carbocycles. The highest BCUT2D eigenvalue weighted by atomic mass is 16.4. The number of hydrogen-bond donors (Lipinski definition) is 1. The molecular formula is C12H8N2O2. The molecule has 78 valence electrons. The summed E-state index contributed by atoms with van der Waals surface area (Å²) < 4.78 is 1.91. The Morgan fingerprint density at radius 2 is 2.19 bits per heavy atom. The minimum Gasteiger partial charge on any atom is -0.478 e. The number of hydrogen-bond acceptors (Lipinski definition) is 2. The smallest absolute Gasteiger partial charge is 0.335 e. The van der Waals surface area contributed by atoms with Crippen molar-refractivity contribution in [1.29, 1.82) is 0 Å². The van der Waals surface area contributed by atoms with E-state index in [0.29, 0.717) is 5.52 Å². The molecule has 0 aliphatic heterocycles. The summed E-state index contributed by atoms with van der Waals surface area (Å²) in [5, 5.41) is 9.81. The van der Waals surface area contributed by atoms with Gasteiger partial charge in [-0.3, -0.25) is 0 Å². The normalized spacial score (nSPS) is 11.0. The predicted octanol–water partition coefficient (Wildman–Crippen LogP) is 2.19. The number of nitrogens with zero attached hydrogens (tertiary/aromatic N) is 2. The summed E-state index contributed by atoms with van der Waals surface area (Å²) in [5.41, 5.74) is 1.78. The Labute approximate surface area is 90.8 Å². The minimum atomic E-state index is -0.932. The average molecular weight is 212 g/mol. The summed E-state index contributed by atoms with van der Waals surface area (Å²) in [6.07, 6.45) is 3.84. The lowest BCUT2D eigenvalue weighted by Crippen LogP contribution is -1.96. The second kappa shape index (κ2) is 3.06. The van der Waals surface area contributed by atoms with E-state index in [1.165, 1.54) is 0 Å². The van der Waals surface area contributed by atoms with Crippen molar-refractivity contribution in [3.63, 3.8) is 0 Å². The predicted molar refractivity (Wildman–Crippen MR) is 59.7 cm³/mol. The zero-order valence-corrected chi connectivity index (χ0v) is 8.29. The molecule has 0 aliphatic rings. The molecule has 0 bridgehead atoms. The van der Waals surface area contributed by atoms with E-state index in [9.17, 15) is 4.79 Å². The topological polar surface area (TPSA) is 54.6 Å². The van der Waals surface area contributed by atoms with Gasteiger partial charge in [-0.2, -0.15) is 0 Å². The first-order valence-corrected chi connectivity index (χ1v) is 4.85. The van der Waals surface area contributed by atoms with Gasteiger partial charge in [-0.15, -0.1) is 0 Å². The Morgan fingerprint density at radius 1 is 1.31 bits per heavy atom. The quantitative estimate of drug-likeness (QED) is 0.672. The minimum absolute atomic E-state index is 0.260. The van der Waals surface area contributed by atoms with E-state index in [2.05, 4.69) is 4.98 Å². The van der Waals surface area contributed by atoms with E-state index in [0.717, 1.165) is 11.0 Å². The van der Waals surface area contributed by atoms with Crippen molar-refractivity contribution in [3.8, 4) is 0 Å². The van der Waals surface area contributed by atoms with Gasteiger partial charge < -0.3 is 9.51 Å². The first kappa shape index (κ1) is 8.91. The van der Waals surface area contributed by atoms with Gasteiger partial charge in [-0.25, -0.2) is 9.78 Å². The molecule has 2 aromatic heterocycles. The van der Waals surface area contributed by atoms with Gasteiger partial charge in [0.2, 0.25) is 0 Å². The standard InChI is InChI=1S/C12H8N2O2/c15-12(16)8-3-4-9-7-14-5-1-2-11(14)13-10(9)6-8/h1-7H,(H,15,16). The van der Waals surface area contributed by atoms with Crippen molar-refractivity contribution in [2.24, 2.45) is 0 Å². The molecule has 2 heterocycles. The molecule has 1 N–H and O–H groups in total. The second-order valence-electron chi connectivity index (χ2n) is 3.59. The van der Waals surface area contributed by atoms with Gasteiger partial charge in [0.15, 0.2) is 0 Å². The lowest BCUT2D eigenvalue weighted by atomic mass is 10.1. The summed E-state index contributed by atoms with van der Waals surface area (Å²) in [6, 6.07) is 8.73. The molecule has 0 fully saturated rings. The average Bonchev–Trinajstić information content (AvgIpc) is 2.71. The van der Waals surface area contributed by atoms with Gasteiger partial charge in [0, 0.05) is 17.8 Å². The van der Waals surface area contributed by atoms with Gasteiger partial charge in [-0.05, 0) is 24.3 Å². The van der Waals surface area contributed by atoms with Crippen LogP contribution in [0.4, 0.5) is 0 Å². The Kier molecular flexibility index (Phi) is 1.71. The maximum Gasteiger partial charge on any atom is 0.335 e. The number of fused-ring (bicyclic) bond motifs is 2. The fourth-order valence-corrected chi connectivity index (χ4v) is 1.74. The van der Waals surface area contributed by atoms with Crippen molar-refractivity contribution in [3.05, 3.63) is 48.3 Å². The highest BCUT2D eigenvalue weighted by Gasteiger charge is 2.05. The van der Waals surface area contributed by atoms with Crippen LogP contribution in [0.1, 0.15) is 10.4 Å². The molecule has 0 saturated carbocycles. The van der Waals surface area contributed by atoms with Gasteiger partial charge in [0.1, 0.15) is 5.65 Å². The molecular weight excluding hydrogens is 204 g/mol. The zero-order chi connectivity index (χ0) is 11.1. The van der Waals surface area contributed by atoms with E-state index in [1.807, 2.05) is 28.9 Å². The molecule has 0 spiro atoms. The van der Waals surface area contributed by atoms with Crippen LogP contribution in [0.15, 0.2) is 42.7 Å². The van der Waals surface area contributed by atoms with E-state index in [-0.39, 0.29) is 5.56 Å². The van der Waals surface area contributed by atoms with E-state index < -0.39 is 5.97 Å². The molecule has 0 radical (unpaired) electrons. The molecule has 0 aliphatic carbocycles. The highest BCUT2D eigenvalue weighted by molar-refractivity contribution is 5.93. The van der Waals surface area contributed by atoms with Crippen molar-refractivity contribution in [2.45, 2.75) is 0 Å². The number of carboxylic acid groups (broad SMARTS) is 1. The van der Waals surface area contributed by atoms with Gasteiger partial charge >= 0.3 is 5.97 Å². The van der Waals surface area contributed by atoms with Gasteiger partial charge in [0.25, 0.3) is 0 Å². The van der Waals surface area contributed by atoms with E-state index >= 15 is 0 Å². The van der Waals surface area contributed by atoms with Crippen LogP contribution in [0.3, 0.4) is 0 Å². The summed E-state index contributed by atoms with van der Waals surface area (Å²) in [6.45, 7) is 0. The molecule has 0 saturated heterocycles. The fraction of sp³-hybridized carbons (Fsp3) is 0. The zero-order valence-electron chi connectivity index (χ0n) is 8.29. The van der Waals surface area contributed by atoms with Crippen LogP contribution in [0.2, 0.25) is 0 Å². The van der Waals surface area contributed by atoms with Crippen LogP contribution < -0.4 is 0 Å².